The molecule has 2 heterocycles. The van der Waals surface area contributed by atoms with Gasteiger partial charge in [0, 0.05) is 36.4 Å². The summed E-state index contributed by atoms with van der Waals surface area (Å²) in [6.07, 6.45) is 3.33. The Morgan fingerprint density at radius 3 is 2.86 bits per heavy atom. The molecule has 5 N–H and O–H groups in total. The molecule has 0 saturated carbocycles. The van der Waals surface area contributed by atoms with Crippen LogP contribution in [0.25, 0.3) is 10.9 Å². The van der Waals surface area contributed by atoms with Crippen LogP contribution in [0.2, 0.25) is 0 Å². The van der Waals surface area contributed by atoms with Crippen molar-refractivity contribution < 1.29 is 24.1 Å². The predicted molar refractivity (Wildman–Crippen MR) is 144 cm³/mol. The zero-order valence-corrected chi connectivity index (χ0v) is 21.9. The third-order valence-corrected chi connectivity index (χ3v) is 6.82. The number of hydrogen-bond acceptors (Lipinski definition) is 8. The minimum Gasteiger partial charge on any atom is -0.493 e. The van der Waals surface area contributed by atoms with Crippen LogP contribution >= 0.6 is 0 Å². The number of carbonyl (C=O) groups is 1. The van der Waals surface area contributed by atoms with Crippen molar-refractivity contribution in [2.24, 2.45) is 5.73 Å². The van der Waals surface area contributed by atoms with Gasteiger partial charge in [-0.1, -0.05) is 12.1 Å². The third kappa shape index (κ3) is 5.95. The van der Waals surface area contributed by atoms with Gasteiger partial charge in [-0.3, -0.25) is 9.78 Å². The first-order valence-electron chi connectivity index (χ1n) is 12.5. The Bertz CT molecular complexity index is 1280. The van der Waals surface area contributed by atoms with Gasteiger partial charge in [0.15, 0.2) is 11.5 Å². The second-order valence-electron chi connectivity index (χ2n) is 9.77. The van der Waals surface area contributed by atoms with Crippen molar-refractivity contribution in [3.63, 3.8) is 0 Å². The number of methoxy groups -OCH3 is 1. The number of amides is 1. The Kier molecular flexibility index (Phi) is 8.16. The van der Waals surface area contributed by atoms with Crippen LogP contribution in [0.5, 0.6) is 11.5 Å². The second-order valence-corrected chi connectivity index (χ2v) is 9.77. The predicted octanol–water partition coefficient (Wildman–Crippen LogP) is 3.81. The van der Waals surface area contributed by atoms with Crippen LogP contribution in [0.3, 0.4) is 0 Å². The fourth-order valence-corrected chi connectivity index (χ4v) is 4.80. The van der Waals surface area contributed by atoms with Gasteiger partial charge in [0.2, 0.25) is 0 Å². The minimum absolute atomic E-state index is 0.0868. The van der Waals surface area contributed by atoms with Gasteiger partial charge in [-0.25, -0.2) is 0 Å². The van der Waals surface area contributed by atoms with E-state index in [1.54, 1.807) is 13.2 Å². The van der Waals surface area contributed by atoms with Crippen LogP contribution in [-0.2, 0) is 11.3 Å². The van der Waals surface area contributed by atoms with Crippen molar-refractivity contribution >= 4 is 28.2 Å². The monoisotopic (exact) mass is 508 g/mol. The first-order chi connectivity index (χ1) is 17.7. The van der Waals surface area contributed by atoms with Gasteiger partial charge in [0.1, 0.15) is 0 Å². The molecule has 1 fully saturated rings. The van der Waals surface area contributed by atoms with E-state index in [0.29, 0.717) is 34.7 Å². The molecule has 1 aliphatic rings. The number of anilines is 2. The van der Waals surface area contributed by atoms with Crippen molar-refractivity contribution in [3.05, 3.63) is 53.2 Å². The van der Waals surface area contributed by atoms with E-state index in [9.17, 15) is 9.90 Å². The molecule has 4 rings (SSSR count). The van der Waals surface area contributed by atoms with Crippen LogP contribution < -0.4 is 25.8 Å². The van der Waals surface area contributed by atoms with E-state index >= 15 is 0 Å². The maximum atomic E-state index is 12.3. The molecule has 1 aromatic heterocycles. The summed E-state index contributed by atoms with van der Waals surface area (Å²) < 4.78 is 17.9. The fourth-order valence-electron chi connectivity index (χ4n) is 4.80. The number of aliphatic hydroxyl groups excluding tert-OH is 1. The molecule has 2 atom stereocenters. The highest BCUT2D eigenvalue weighted by atomic mass is 16.5. The normalized spacial score (nSPS) is 19.5. The number of hydrogen-bond donors (Lipinski definition) is 4. The molecule has 0 spiro atoms. The Hall–Kier alpha value is -3.40. The SMILES string of the molecule is COc1cc2c(Nc3cccc(CO)c3C)c(C(N)=O)cnc2cc1OCCC[C@@]1(C)CNC[C@@H](C)O1. The minimum atomic E-state index is -0.602. The van der Waals surface area contributed by atoms with Gasteiger partial charge in [0.25, 0.3) is 5.91 Å². The molecule has 198 valence electrons. The number of nitrogens with two attached hydrogens (primary N) is 1. The number of primary amides is 1. The van der Waals surface area contributed by atoms with Gasteiger partial charge in [-0.2, -0.15) is 0 Å². The van der Waals surface area contributed by atoms with Gasteiger partial charge in [-0.15, -0.1) is 0 Å². The number of fused-ring (bicyclic) bond motifs is 1. The largest absolute Gasteiger partial charge is 0.493 e. The van der Waals surface area contributed by atoms with Gasteiger partial charge < -0.3 is 35.7 Å². The van der Waals surface area contributed by atoms with Crippen molar-refractivity contribution in [2.75, 3.05) is 32.1 Å². The Labute approximate surface area is 217 Å². The summed E-state index contributed by atoms with van der Waals surface area (Å²) in [5.74, 6) is 0.490. The number of ether oxygens (including phenoxy) is 3. The molecule has 1 aliphatic heterocycles. The number of nitrogens with zero attached hydrogens (tertiary/aromatic N) is 1. The number of aliphatic hydroxyl groups is 1. The zero-order chi connectivity index (χ0) is 26.6. The first kappa shape index (κ1) is 26.7. The number of nitrogens with one attached hydrogen (secondary N) is 2. The fraction of sp³-hybridized carbons (Fsp3) is 0.429. The molecule has 1 amide bonds. The van der Waals surface area contributed by atoms with Crippen molar-refractivity contribution in [3.8, 4) is 11.5 Å². The van der Waals surface area contributed by atoms with Crippen LogP contribution in [-0.4, -0.2) is 54.5 Å². The Morgan fingerprint density at radius 1 is 1.35 bits per heavy atom. The maximum Gasteiger partial charge on any atom is 0.252 e. The summed E-state index contributed by atoms with van der Waals surface area (Å²) >= 11 is 0. The van der Waals surface area contributed by atoms with E-state index in [-0.39, 0.29) is 23.9 Å². The third-order valence-electron chi connectivity index (χ3n) is 6.82. The molecule has 9 nitrogen and oxygen atoms in total. The summed E-state index contributed by atoms with van der Waals surface area (Å²) in [5, 5.41) is 17.1. The van der Waals surface area contributed by atoms with E-state index in [1.807, 2.05) is 31.2 Å². The van der Waals surface area contributed by atoms with Crippen LogP contribution in [0.15, 0.2) is 36.5 Å². The van der Waals surface area contributed by atoms with Crippen molar-refractivity contribution in [2.45, 2.75) is 51.9 Å². The first-order valence-corrected chi connectivity index (χ1v) is 12.5. The van der Waals surface area contributed by atoms with Gasteiger partial charge in [0.05, 0.1) is 48.8 Å². The lowest BCUT2D eigenvalue weighted by Crippen LogP contribution is -2.51. The molecule has 0 aliphatic carbocycles. The molecule has 3 aromatic rings. The second kappa shape index (κ2) is 11.3. The average Bonchev–Trinajstić information content (AvgIpc) is 2.87. The molecular formula is C28H36N4O5. The van der Waals surface area contributed by atoms with E-state index < -0.39 is 5.91 Å². The number of pyridine rings is 1. The molecule has 0 bridgehead atoms. The average molecular weight is 509 g/mol. The molecule has 1 saturated heterocycles. The summed E-state index contributed by atoms with van der Waals surface area (Å²) in [5.41, 5.74) is 9.28. The highest BCUT2D eigenvalue weighted by Crippen LogP contribution is 2.38. The summed E-state index contributed by atoms with van der Waals surface area (Å²) in [6, 6.07) is 9.19. The lowest BCUT2D eigenvalue weighted by Gasteiger charge is -2.38. The maximum absolute atomic E-state index is 12.3. The lowest BCUT2D eigenvalue weighted by atomic mass is 9.98. The van der Waals surface area contributed by atoms with Gasteiger partial charge >= 0.3 is 0 Å². The highest BCUT2D eigenvalue weighted by molar-refractivity contribution is 6.08. The number of benzene rings is 2. The summed E-state index contributed by atoms with van der Waals surface area (Å²) in [6.45, 7) is 8.20. The van der Waals surface area contributed by atoms with Crippen molar-refractivity contribution in [1.29, 1.82) is 0 Å². The molecule has 0 radical (unpaired) electrons. The Morgan fingerprint density at radius 2 is 2.16 bits per heavy atom. The summed E-state index contributed by atoms with van der Waals surface area (Å²) in [7, 11) is 1.57. The number of carbonyl (C=O) groups excluding carboxylic acids is 1. The lowest BCUT2D eigenvalue weighted by molar-refractivity contribution is -0.103. The molecule has 2 aromatic carbocycles. The summed E-state index contributed by atoms with van der Waals surface area (Å²) in [4.78, 5) is 16.7. The van der Waals surface area contributed by atoms with Crippen LogP contribution in [0, 0.1) is 6.92 Å². The zero-order valence-electron chi connectivity index (χ0n) is 21.9. The molecule has 9 heteroatoms. The van der Waals surface area contributed by atoms with Crippen LogP contribution in [0.1, 0.15) is 48.2 Å². The number of morpholine rings is 1. The van der Waals surface area contributed by atoms with E-state index in [2.05, 4.69) is 29.5 Å². The van der Waals surface area contributed by atoms with E-state index in [0.717, 1.165) is 42.7 Å². The van der Waals surface area contributed by atoms with E-state index in [4.69, 9.17) is 19.9 Å². The standard InChI is InChI=1S/C28H36N4O5/c1-17-13-30-16-28(3,37-17)9-6-10-36-25-12-23-20(11-24(25)35-4)26(21(14-31-23)27(29)34)32-22-8-5-7-19(15-33)18(22)2/h5,7-8,11-12,14,17,30,33H,6,9-10,13,15-16H2,1-4H3,(H2,29,34)(H,31,32)/t17-,28+/m1/s1. The molecule has 37 heavy (non-hydrogen) atoms. The molecular weight excluding hydrogens is 472 g/mol. The highest BCUT2D eigenvalue weighted by Gasteiger charge is 2.30. The van der Waals surface area contributed by atoms with E-state index in [1.165, 1.54) is 6.20 Å². The van der Waals surface area contributed by atoms with Crippen molar-refractivity contribution in [1.82, 2.24) is 10.3 Å². The van der Waals surface area contributed by atoms with Gasteiger partial charge in [-0.05, 0) is 56.9 Å². The Balaban J connectivity index is 1.60. The number of aromatic nitrogens is 1. The molecule has 0 unspecified atom stereocenters. The number of rotatable bonds is 10. The topological polar surface area (TPSA) is 128 Å². The van der Waals surface area contributed by atoms with Crippen LogP contribution in [0.4, 0.5) is 11.4 Å². The smallest absolute Gasteiger partial charge is 0.252 e. The quantitative estimate of drug-likeness (QED) is 0.305.